The number of nitrogens with one attached hydrogen (secondary N) is 1. The number of hydrogen-bond donors (Lipinski definition) is 1. The summed E-state index contributed by atoms with van der Waals surface area (Å²) in [6, 6.07) is 9.47. The molecule has 0 aliphatic heterocycles. The molecule has 0 heterocycles. The third-order valence-corrected chi connectivity index (χ3v) is 4.42. The molecule has 0 atom stereocenters. The van der Waals surface area contributed by atoms with Gasteiger partial charge in [-0.1, -0.05) is 19.1 Å². The molecular formula is C13H18N2O2S. The van der Waals surface area contributed by atoms with Crippen LogP contribution in [0, 0.1) is 11.3 Å². The van der Waals surface area contributed by atoms with Crippen LogP contribution >= 0.6 is 0 Å². The molecule has 1 aromatic carbocycles. The summed E-state index contributed by atoms with van der Waals surface area (Å²) >= 11 is 0. The maximum Gasteiger partial charge on any atom is 0.150 e. The maximum atomic E-state index is 11.3. The molecule has 0 aliphatic rings. The maximum absolute atomic E-state index is 11.3. The number of rotatable bonds is 7. The fraction of sp³-hybridized carbons (Fsp3) is 0.462. The van der Waals surface area contributed by atoms with E-state index < -0.39 is 9.84 Å². The average Bonchev–Trinajstić information content (AvgIpc) is 2.38. The van der Waals surface area contributed by atoms with Crippen molar-refractivity contribution in [1.29, 1.82) is 5.26 Å². The number of hydrogen-bond acceptors (Lipinski definition) is 4. The topological polar surface area (TPSA) is 70.0 Å². The number of benzene rings is 1. The molecule has 98 valence electrons. The van der Waals surface area contributed by atoms with E-state index in [2.05, 4.69) is 11.4 Å². The highest BCUT2D eigenvalue weighted by Crippen LogP contribution is 2.03. The Morgan fingerprint density at radius 2 is 2.17 bits per heavy atom. The highest BCUT2D eigenvalue weighted by atomic mass is 32.2. The van der Waals surface area contributed by atoms with Crippen molar-refractivity contribution >= 4 is 9.84 Å². The molecule has 0 radical (unpaired) electrons. The Labute approximate surface area is 109 Å². The van der Waals surface area contributed by atoms with Crippen LogP contribution in [0.15, 0.2) is 24.3 Å². The summed E-state index contributed by atoms with van der Waals surface area (Å²) in [5.41, 5.74) is 1.68. The second-order valence-corrected chi connectivity index (χ2v) is 6.55. The summed E-state index contributed by atoms with van der Waals surface area (Å²) in [6.45, 7) is 2.98. The number of sulfone groups is 1. The molecule has 5 heteroatoms. The summed E-state index contributed by atoms with van der Waals surface area (Å²) in [6.07, 6.45) is 0.619. The predicted octanol–water partition coefficient (Wildman–Crippen LogP) is 1.47. The first-order valence-electron chi connectivity index (χ1n) is 5.97. The largest absolute Gasteiger partial charge is 0.313 e. The van der Waals surface area contributed by atoms with Crippen LogP contribution in [-0.2, 0) is 16.4 Å². The second kappa shape index (κ2) is 7.14. The molecule has 0 fully saturated rings. The Morgan fingerprint density at radius 3 is 2.83 bits per heavy atom. The van der Waals surface area contributed by atoms with E-state index in [0.29, 0.717) is 25.1 Å². The van der Waals surface area contributed by atoms with Crippen molar-refractivity contribution in [3.05, 3.63) is 35.4 Å². The van der Waals surface area contributed by atoms with Crippen molar-refractivity contribution in [3.63, 3.8) is 0 Å². The lowest BCUT2D eigenvalue weighted by Crippen LogP contribution is -2.19. The van der Waals surface area contributed by atoms with Gasteiger partial charge in [-0.2, -0.15) is 5.26 Å². The second-order valence-electron chi connectivity index (χ2n) is 4.08. The minimum atomic E-state index is -2.86. The van der Waals surface area contributed by atoms with E-state index >= 15 is 0 Å². The van der Waals surface area contributed by atoms with Crippen molar-refractivity contribution in [2.75, 3.05) is 18.1 Å². The summed E-state index contributed by atoms with van der Waals surface area (Å²) in [7, 11) is -2.86. The van der Waals surface area contributed by atoms with E-state index in [1.54, 1.807) is 13.0 Å². The first-order chi connectivity index (χ1) is 8.57. The Morgan fingerprint density at radius 1 is 1.39 bits per heavy atom. The van der Waals surface area contributed by atoms with Crippen LogP contribution in [0.1, 0.15) is 24.5 Å². The summed E-state index contributed by atoms with van der Waals surface area (Å²) in [5, 5.41) is 11.9. The molecule has 0 spiro atoms. The molecule has 4 nitrogen and oxygen atoms in total. The Hall–Kier alpha value is -1.38. The molecule has 0 saturated carbocycles. The van der Waals surface area contributed by atoms with E-state index in [4.69, 9.17) is 5.26 Å². The van der Waals surface area contributed by atoms with Crippen molar-refractivity contribution < 1.29 is 8.42 Å². The third kappa shape index (κ3) is 5.30. The Balaban J connectivity index is 2.28. The van der Waals surface area contributed by atoms with Crippen molar-refractivity contribution in [2.45, 2.75) is 19.9 Å². The van der Waals surface area contributed by atoms with Crippen LogP contribution in [0.4, 0.5) is 0 Å². The average molecular weight is 266 g/mol. The lowest BCUT2D eigenvalue weighted by atomic mass is 10.1. The molecular weight excluding hydrogens is 248 g/mol. The van der Waals surface area contributed by atoms with Gasteiger partial charge in [-0.15, -0.1) is 0 Å². The molecule has 0 bridgehead atoms. The van der Waals surface area contributed by atoms with Gasteiger partial charge in [-0.3, -0.25) is 0 Å². The first-order valence-corrected chi connectivity index (χ1v) is 7.79. The Bertz CT molecular complexity index is 518. The lowest BCUT2D eigenvalue weighted by Gasteiger charge is -2.05. The van der Waals surface area contributed by atoms with Crippen LogP contribution in [0.2, 0.25) is 0 Å². The SMILES string of the molecule is CCS(=O)(=O)CCCNCc1cccc(C#N)c1. The standard InChI is InChI=1S/C13H18N2O2S/c1-2-18(16,17)8-4-7-15-11-13-6-3-5-12(9-13)10-14/h3,5-6,9,15H,2,4,7-8,11H2,1H3. The fourth-order valence-electron chi connectivity index (χ4n) is 1.54. The van der Waals surface area contributed by atoms with Crippen LogP contribution < -0.4 is 5.32 Å². The summed E-state index contributed by atoms with van der Waals surface area (Å²) in [5.74, 6) is 0.436. The normalized spacial score (nSPS) is 11.1. The smallest absolute Gasteiger partial charge is 0.150 e. The molecule has 18 heavy (non-hydrogen) atoms. The van der Waals surface area contributed by atoms with Gasteiger partial charge in [0.25, 0.3) is 0 Å². The zero-order chi connectivity index (χ0) is 13.4. The van der Waals surface area contributed by atoms with Crippen molar-refractivity contribution in [2.24, 2.45) is 0 Å². The van der Waals surface area contributed by atoms with E-state index in [9.17, 15) is 8.42 Å². The van der Waals surface area contributed by atoms with Crippen LogP contribution in [-0.4, -0.2) is 26.5 Å². The molecule has 1 aromatic rings. The highest BCUT2D eigenvalue weighted by Gasteiger charge is 2.05. The van der Waals surface area contributed by atoms with E-state index in [-0.39, 0.29) is 11.5 Å². The zero-order valence-corrected chi connectivity index (χ0v) is 11.3. The van der Waals surface area contributed by atoms with E-state index in [0.717, 1.165) is 5.56 Å². The van der Waals surface area contributed by atoms with Crippen molar-refractivity contribution in [3.8, 4) is 6.07 Å². The van der Waals surface area contributed by atoms with Gasteiger partial charge in [0, 0.05) is 12.3 Å². The van der Waals surface area contributed by atoms with Gasteiger partial charge in [0.15, 0.2) is 0 Å². The van der Waals surface area contributed by atoms with Crippen LogP contribution in [0.25, 0.3) is 0 Å². The third-order valence-electron chi connectivity index (χ3n) is 2.63. The van der Waals surface area contributed by atoms with Gasteiger partial charge in [-0.25, -0.2) is 8.42 Å². The van der Waals surface area contributed by atoms with E-state index in [1.807, 2.05) is 18.2 Å². The summed E-state index contributed by atoms with van der Waals surface area (Å²) in [4.78, 5) is 0. The highest BCUT2D eigenvalue weighted by molar-refractivity contribution is 7.91. The van der Waals surface area contributed by atoms with Gasteiger partial charge in [-0.05, 0) is 30.7 Å². The molecule has 0 aliphatic carbocycles. The fourth-order valence-corrected chi connectivity index (χ4v) is 2.42. The van der Waals surface area contributed by atoms with Crippen LogP contribution in [0.3, 0.4) is 0 Å². The molecule has 0 saturated heterocycles. The van der Waals surface area contributed by atoms with Gasteiger partial charge in [0.05, 0.1) is 17.4 Å². The number of nitriles is 1. The molecule has 0 unspecified atom stereocenters. The number of nitrogens with zero attached hydrogens (tertiary/aromatic N) is 1. The minimum Gasteiger partial charge on any atom is -0.313 e. The van der Waals surface area contributed by atoms with Gasteiger partial charge in [0.1, 0.15) is 9.84 Å². The molecule has 1 N–H and O–H groups in total. The molecule has 0 amide bonds. The quantitative estimate of drug-likeness (QED) is 0.759. The van der Waals surface area contributed by atoms with Gasteiger partial charge < -0.3 is 5.32 Å². The van der Waals surface area contributed by atoms with Crippen molar-refractivity contribution in [1.82, 2.24) is 5.32 Å². The first kappa shape index (κ1) is 14.7. The molecule has 1 rings (SSSR count). The monoisotopic (exact) mass is 266 g/mol. The van der Waals surface area contributed by atoms with Gasteiger partial charge >= 0.3 is 0 Å². The van der Waals surface area contributed by atoms with Gasteiger partial charge in [0.2, 0.25) is 0 Å². The summed E-state index contributed by atoms with van der Waals surface area (Å²) < 4.78 is 22.5. The van der Waals surface area contributed by atoms with Crippen LogP contribution in [0.5, 0.6) is 0 Å². The molecule has 0 aromatic heterocycles. The Kier molecular flexibility index (Phi) is 5.83. The zero-order valence-electron chi connectivity index (χ0n) is 10.5. The minimum absolute atomic E-state index is 0.206. The predicted molar refractivity (Wildman–Crippen MR) is 71.8 cm³/mol. The van der Waals surface area contributed by atoms with E-state index in [1.165, 1.54) is 0 Å². The lowest BCUT2D eigenvalue weighted by molar-refractivity contribution is 0.590.